The normalized spacial score (nSPS) is 17.8. The zero-order valence-corrected chi connectivity index (χ0v) is 10.3. The average Bonchev–Trinajstić information content (AvgIpc) is 2.16. The Hall–Kier alpha value is -0.480. The number of hydrogen-bond donors (Lipinski definition) is 4. The predicted molar refractivity (Wildman–Crippen MR) is 60.7 cm³/mol. The maximum atomic E-state index is 11.8. The Morgan fingerprint density at radius 1 is 1.12 bits per heavy atom. The zero-order chi connectivity index (χ0) is 12.6. The minimum atomic E-state index is -4.79. The third kappa shape index (κ3) is 2.80. The molecule has 0 aliphatic rings. The molecule has 0 bridgehead atoms. The fourth-order valence-electron chi connectivity index (χ4n) is 1.11. The van der Waals surface area contributed by atoms with Gasteiger partial charge in [0.25, 0.3) is 7.37 Å². The topological polar surface area (TPSA) is 121 Å². The first-order valence-corrected chi connectivity index (χ1v) is 7.77. The molecule has 0 aromatic heterocycles. The van der Waals surface area contributed by atoms with Crippen LogP contribution in [0.15, 0.2) is 24.3 Å². The van der Waals surface area contributed by atoms with Crippen molar-refractivity contribution in [3.63, 3.8) is 0 Å². The second kappa shape index (κ2) is 4.41. The summed E-state index contributed by atoms with van der Waals surface area (Å²) in [5.41, 5.74) is 3.91. The third-order valence-corrected chi connectivity index (χ3v) is 6.39. The molecule has 2 atom stereocenters. The van der Waals surface area contributed by atoms with Crippen LogP contribution in [0.5, 0.6) is 0 Å². The van der Waals surface area contributed by atoms with Gasteiger partial charge >= 0.3 is 7.60 Å². The van der Waals surface area contributed by atoms with Crippen LogP contribution in [0.1, 0.15) is 5.56 Å². The van der Waals surface area contributed by atoms with Gasteiger partial charge in [-0.05, 0) is 19.1 Å². The number of rotatable bonds is 3. The highest BCUT2D eigenvalue weighted by atomic mass is 31.2. The molecule has 90 valence electrons. The van der Waals surface area contributed by atoms with E-state index in [0.717, 1.165) is 5.56 Å². The van der Waals surface area contributed by atoms with Crippen LogP contribution < -0.4 is 11.0 Å². The van der Waals surface area contributed by atoms with E-state index in [-0.39, 0.29) is 5.30 Å². The summed E-state index contributed by atoms with van der Waals surface area (Å²) in [7, 11) is -9.05. The second-order valence-electron chi connectivity index (χ2n) is 3.46. The van der Waals surface area contributed by atoms with Gasteiger partial charge in [-0.25, -0.2) is 0 Å². The van der Waals surface area contributed by atoms with Gasteiger partial charge in [0.05, 0.1) is 0 Å². The van der Waals surface area contributed by atoms with Crippen molar-refractivity contribution in [3.05, 3.63) is 29.8 Å². The lowest BCUT2D eigenvalue weighted by molar-refractivity contribution is 0.364. The van der Waals surface area contributed by atoms with Crippen molar-refractivity contribution >= 4 is 20.3 Å². The summed E-state index contributed by atoms with van der Waals surface area (Å²) >= 11 is 0. The van der Waals surface area contributed by atoms with E-state index in [0.29, 0.717) is 0 Å². The quantitative estimate of drug-likeness (QED) is 0.584. The highest BCUT2D eigenvalue weighted by molar-refractivity contribution is 7.78. The molecule has 0 heterocycles. The van der Waals surface area contributed by atoms with Gasteiger partial charge in [-0.15, -0.1) is 0 Å². The number of nitrogens with two attached hydrogens (primary N) is 1. The van der Waals surface area contributed by atoms with Crippen molar-refractivity contribution in [2.24, 2.45) is 5.73 Å². The highest BCUT2D eigenvalue weighted by Gasteiger charge is 2.42. The molecule has 6 nitrogen and oxygen atoms in total. The van der Waals surface area contributed by atoms with E-state index in [1.54, 1.807) is 19.1 Å². The van der Waals surface area contributed by atoms with E-state index in [9.17, 15) is 14.0 Å². The second-order valence-corrected chi connectivity index (χ2v) is 7.92. The Kier molecular flexibility index (Phi) is 3.75. The lowest BCUT2D eigenvalue weighted by Crippen LogP contribution is -2.25. The molecular weight excluding hydrogens is 252 g/mol. The minimum Gasteiger partial charge on any atom is -0.340 e. The van der Waals surface area contributed by atoms with Gasteiger partial charge in [0, 0.05) is 5.30 Å². The van der Waals surface area contributed by atoms with Crippen molar-refractivity contribution in [2.75, 3.05) is 0 Å². The maximum Gasteiger partial charge on any atom is 0.352 e. The Bertz CT molecular complexity index is 466. The SMILES string of the molecule is Cc1ccc(P(=O)(O)C(N)P(=O)(O)O)cc1. The van der Waals surface area contributed by atoms with Crippen LogP contribution in [0.25, 0.3) is 0 Å². The van der Waals surface area contributed by atoms with Gasteiger partial charge in [-0.1, -0.05) is 17.7 Å². The van der Waals surface area contributed by atoms with Gasteiger partial charge in [0.2, 0.25) is 0 Å². The van der Waals surface area contributed by atoms with Crippen molar-refractivity contribution in [2.45, 2.75) is 12.4 Å². The lowest BCUT2D eigenvalue weighted by atomic mass is 10.2. The molecule has 16 heavy (non-hydrogen) atoms. The molecule has 5 N–H and O–H groups in total. The predicted octanol–water partition coefficient (Wildman–Crippen LogP) is 0.311. The molecule has 8 heteroatoms. The third-order valence-electron chi connectivity index (χ3n) is 2.11. The molecule has 0 aliphatic heterocycles. The molecule has 0 spiro atoms. The molecule has 0 amide bonds. The zero-order valence-electron chi connectivity index (χ0n) is 8.52. The molecule has 2 unspecified atom stereocenters. The van der Waals surface area contributed by atoms with Crippen LogP contribution in [0.3, 0.4) is 0 Å². The van der Waals surface area contributed by atoms with Crippen LogP contribution in [0.2, 0.25) is 0 Å². The first-order valence-electron chi connectivity index (χ1n) is 4.36. The summed E-state index contributed by atoms with van der Waals surface area (Å²) < 4.78 is 22.7. The van der Waals surface area contributed by atoms with Gasteiger partial charge in [0.15, 0.2) is 5.52 Å². The van der Waals surface area contributed by atoms with Crippen molar-refractivity contribution in [1.29, 1.82) is 0 Å². The lowest BCUT2D eigenvalue weighted by Gasteiger charge is -2.20. The summed E-state index contributed by atoms with van der Waals surface area (Å²) in [6.07, 6.45) is 0. The molecule has 0 fully saturated rings. The summed E-state index contributed by atoms with van der Waals surface area (Å²) in [6.45, 7) is 1.79. The average molecular weight is 265 g/mol. The summed E-state index contributed by atoms with van der Waals surface area (Å²) in [5, 5.41) is -0.0612. The fraction of sp³-hybridized carbons (Fsp3) is 0.250. The van der Waals surface area contributed by atoms with Crippen LogP contribution in [-0.2, 0) is 9.13 Å². The van der Waals surface area contributed by atoms with E-state index in [1.165, 1.54) is 12.1 Å². The van der Waals surface area contributed by atoms with Crippen LogP contribution in [0.4, 0.5) is 0 Å². The van der Waals surface area contributed by atoms with E-state index >= 15 is 0 Å². The smallest absolute Gasteiger partial charge is 0.340 e. The highest BCUT2D eigenvalue weighted by Crippen LogP contribution is 2.58. The van der Waals surface area contributed by atoms with E-state index in [4.69, 9.17) is 15.5 Å². The Labute approximate surface area is 92.7 Å². The largest absolute Gasteiger partial charge is 0.352 e. The van der Waals surface area contributed by atoms with Crippen LogP contribution in [0, 0.1) is 6.92 Å². The van der Waals surface area contributed by atoms with Crippen LogP contribution in [-0.4, -0.2) is 20.2 Å². The van der Waals surface area contributed by atoms with Gasteiger partial charge < -0.3 is 20.4 Å². The van der Waals surface area contributed by atoms with Gasteiger partial charge in [0.1, 0.15) is 0 Å². The molecular formula is C8H13NO5P2. The first kappa shape index (κ1) is 13.6. The number of benzene rings is 1. The van der Waals surface area contributed by atoms with Crippen molar-refractivity contribution in [1.82, 2.24) is 0 Å². The summed E-state index contributed by atoms with van der Waals surface area (Å²) in [6, 6.07) is 5.83. The number of aryl methyl sites for hydroxylation is 1. The molecule has 1 aromatic rings. The summed E-state index contributed by atoms with van der Waals surface area (Å²) in [4.78, 5) is 27.2. The first-order chi connectivity index (χ1) is 7.15. The van der Waals surface area contributed by atoms with Crippen LogP contribution >= 0.6 is 15.0 Å². The van der Waals surface area contributed by atoms with Crippen molar-refractivity contribution < 1.29 is 23.8 Å². The summed E-state index contributed by atoms with van der Waals surface area (Å²) in [5.74, 6) is 0. The van der Waals surface area contributed by atoms with Crippen molar-refractivity contribution in [3.8, 4) is 0 Å². The van der Waals surface area contributed by atoms with E-state index in [1.807, 2.05) is 0 Å². The standard InChI is InChI=1S/C8H13NO5P2/c1-6-2-4-7(5-3-6)15(10,11)8(9)16(12,13)14/h2-5,8H,9H2,1H3,(H,10,11)(H2,12,13,14). The minimum absolute atomic E-state index is 0.0612. The Morgan fingerprint density at radius 2 is 1.56 bits per heavy atom. The number of hydrogen-bond acceptors (Lipinski definition) is 3. The maximum absolute atomic E-state index is 11.8. The van der Waals surface area contributed by atoms with E-state index < -0.39 is 20.5 Å². The molecule has 0 aliphatic carbocycles. The molecule has 1 rings (SSSR count). The monoisotopic (exact) mass is 265 g/mol. The van der Waals surface area contributed by atoms with Gasteiger partial charge in [-0.3, -0.25) is 9.13 Å². The molecule has 0 saturated carbocycles. The Balaban J connectivity index is 3.17. The Morgan fingerprint density at radius 3 is 1.94 bits per heavy atom. The molecule has 0 saturated heterocycles. The van der Waals surface area contributed by atoms with Gasteiger partial charge in [-0.2, -0.15) is 0 Å². The molecule has 1 aromatic carbocycles. The fourth-order valence-corrected chi connectivity index (χ4v) is 4.03. The van der Waals surface area contributed by atoms with E-state index in [2.05, 4.69) is 0 Å². The molecule has 0 radical (unpaired) electrons.